The minimum absolute atomic E-state index is 0.0974. The first kappa shape index (κ1) is 18.9. The Morgan fingerprint density at radius 3 is 3.08 bits per heavy atom. The third-order valence-corrected chi connectivity index (χ3v) is 4.95. The molecule has 0 spiro atoms. The number of carbonyl (C=O) groups excluding carboxylic acids is 1. The molecule has 0 bridgehead atoms. The van der Waals surface area contributed by atoms with Crippen molar-refractivity contribution in [3.63, 3.8) is 0 Å². The summed E-state index contributed by atoms with van der Waals surface area (Å²) in [5, 5.41) is 0.629. The summed E-state index contributed by atoms with van der Waals surface area (Å²) in [5.41, 5.74) is 1.51. The number of oxazole rings is 1. The van der Waals surface area contributed by atoms with Gasteiger partial charge in [-0.05, 0) is 50.8 Å². The van der Waals surface area contributed by atoms with E-state index in [-0.39, 0.29) is 12.3 Å². The van der Waals surface area contributed by atoms with Gasteiger partial charge >= 0.3 is 0 Å². The van der Waals surface area contributed by atoms with Crippen molar-refractivity contribution < 1.29 is 13.9 Å². The number of nitrogens with zero attached hydrogens (tertiary/aromatic N) is 2. The van der Waals surface area contributed by atoms with Crippen molar-refractivity contribution in [2.45, 2.75) is 33.1 Å². The summed E-state index contributed by atoms with van der Waals surface area (Å²) in [4.78, 5) is 19.2. The van der Waals surface area contributed by atoms with Gasteiger partial charge in [0.2, 0.25) is 11.8 Å². The zero-order valence-electron chi connectivity index (χ0n) is 15.3. The highest BCUT2D eigenvalue weighted by Gasteiger charge is 2.25. The van der Waals surface area contributed by atoms with Crippen molar-refractivity contribution in [1.29, 1.82) is 0 Å². The van der Waals surface area contributed by atoms with Crippen LogP contribution in [0, 0.1) is 12.8 Å². The molecule has 5 nitrogen and oxygen atoms in total. The van der Waals surface area contributed by atoms with Crippen LogP contribution in [-0.4, -0.2) is 42.1 Å². The van der Waals surface area contributed by atoms with E-state index < -0.39 is 0 Å². The van der Waals surface area contributed by atoms with Crippen LogP contribution >= 0.6 is 11.6 Å². The molecule has 0 saturated carbocycles. The topological polar surface area (TPSA) is 55.6 Å². The standard InChI is InChI=1S/C20H25ClN2O3/c1-3-25-13-15-6-5-9-23(12-15)19(24)11-18-14(2)26-20(22-18)16-7-4-8-17(21)10-16/h4,7-8,10,15H,3,5-6,9,11-13H2,1-2H3. The van der Waals surface area contributed by atoms with E-state index in [9.17, 15) is 4.79 Å². The van der Waals surface area contributed by atoms with Crippen LogP contribution in [0.25, 0.3) is 11.5 Å². The van der Waals surface area contributed by atoms with Crippen molar-refractivity contribution in [3.8, 4) is 11.5 Å². The Kier molecular flexibility index (Phi) is 6.33. The summed E-state index contributed by atoms with van der Waals surface area (Å²) in [6.45, 7) is 6.85. The lowest BCUT2D eigenvalue weighted by Crippen LogP contribution is -2.42. The van der Waals surface area contributed by atoms with Gasteiger partial charge in [0.1, 0.15) is 5.76 Å². The van der Waals surface area contributed by atoms with Crippen molar-refractivity contribution in [2.24, 2.45) is 5.92 Å². The molecule has 1 aromatic carbocycles. The van der Waals surface area contributed by atoms with E-state index in [1.807, 2.05) is 30.9 Å². The average molecular weight is 377 g/mol. The molecule has 1 atom stereocenters. The Morgan fingerprint density at radius 2 is 2.31 bits per heavy atom. The Balaban J connectivity index is 1.66. The molecule has 1 fully saturated rings. The Morgan fingerprint density at radius 1 is 1.46 bits per heavy atom. The lowest BCUT2D eigenvalue weighted by Gasteiger charge is -2.32. The molecule has 3 rings (SSSR count). The number of piperidine rings is 1. The molecule has 1 saturated heterocycles. The van der Waals surface area contributed by atoms with E-state index in [0.29, 0.717) is 28.3 Å². The van der Waals surface area contributed by atoms with Crippen molar-refractivity contribution in [1.82, 2.24) is 9.88 Å². The van der Waals surface area contributed by atoms with Gasteiger partial charge in [0.05, 0.1) is 18.7 Å². The molecule has 2 aromatic rings. The first-order chi connectivity index (χ1) is 12.6. The highest BCUT2D eigenvalue weighted by atomic mass is 35.5. The summed E-state index contributed by atoms with van der Waals surface area (Å²) in [5.74, 6) is 1.70. The van der Waals surface area contributed by atoms with Crippen molar-refractivity contribution >= 4 is 17.5 Å². The van der Waals surface area contributed by atoms with Crippen molar-refractivity contribution in [3.05, 3.63) is 40.7 Å². The molecule has 6 heteroatoms. The van der Waals surface area contributed by atoms with Crippen LogP contribution in [0.1, 0.15) is 31.2 Å². The molecule has 0 radical (unpaired) electrons. The quantitative estimate of drug-likeness (QED) is 0.760. The normalized spacial score (nSPS) is 17.5. The Labute approximate surface area is 159 Å². The number of benzene rings is 1. The van der Waals surface area contributed by atoms with Crippen molar-refractivity contribution in [2.75, 3.05) is 26.3 Å². The molecule has 1 unspecified atom stereocenters. The number of ether oxygens (including phenoxy) is 1. The molecule has 1 aliphatic rings. The maximum atomic E-state index is 12.7. The lowest BCUT2D eigenvalue weighted by molar-refractivity contribution is -0.132. The number of likely N-dealkylation sites (tertiary alicyclic amines) is 1. The number of carbonyl (C=O) groups is 1. The van der Waals surface area contributed by atoms with E-state index in [2.05, 4.69) is 4.98 Å². The summed E-state index contributed by atoms with van der Waals surface area (Å²) in [6.07, 6.45) is 2.40. The summed E-state index contributed by atoms with van der Waals surface area (Å²) in [7, 11) is 0. The lowest BCUT2D eigenvalue weighted by atomic mass is 9.98. The van der Waals surface area contributed by atoms with Crippen LogP contribution in [-0.2, 0) is 16.0 Å². The molecule has 0 aliphatic carbocycles. The molecule has 26 heavy (non-hydrogen) atoms. The van der Waals surface area contributed by atoms with Gasteiger partial charge in [-0.25, -0.2) is 4.98 Å². The number of aryl methyl sites for hydroxylation is 1. The largest absolute Gasteiger partial charge is 0.441 e. The predicted octanol–water partition coefficient (Wildman–Crippen LogP) is 4.12. The molecule has 2 heterocycles. The zero-order valence-corrected chi connectivity index (χ0v) is 16.1. The van der Waals surface area contributed by atoms with Crippen LogP contribution in [0.3, 0.4) is 0 Å². The molecule has 1 amide bonds. The van der Waals surface area contributed by atoms with Crippen LogP contribution in [0.4, 0.5) is 0 Å². The summed E-state index contributed by atoms with van der Waals surface area (Å²) < 4.78 is 11.3. The van der Waals surface area contributed by atoms with Gasteiger partial charge in [0.25, 0.3) is 0 Å². The molecule has 1 aromatic heterocycles. The molecule has 0 N–H and O–H groups in total. The van der Waals surface area contributed by atoms with Crippen LogP contribution < -0.4 is 0 Å². The highest BCUT2D eigenvalue weighted by molar-refractivity contribution is 6.30. The Hall–Kier alpha value is -1.85. The van der Waals surface area contributed by atoms with E-state index in [0.717, 1.165) is 44.7 Å². The Bertz CT molecular complexity index is 759. The van der Waals surface area contributed by atoms with Gasteiger partial charge in [-0.15, -0.1) is 0 Å². The van der Waals surface area contributed by atoms with Crippen LogP contribution in [0.2, 0.25) is 5.02 Å². The number of rotatable bonds is 6. The fraction of sp³-hybridized carbons (Fsp3) is 0.500. The van der Waals surface area contributed by atoms with Gasteiger partial charge in [0.15, 0.2) is 0 Å². The molecule has 140 valence electrons. The zero-order chi connectivity index (χ0) is 18.5. The first-order valence-corrected chi connectivity index (χ1v) is 9.52. The minimum atomic E-state index is 0.0974. The van der Waals surface area contributed by atoms with Crippen LogP contribution in [0.15, 0.2) is 28.7 Å². The van der Waals surface area contributed by atoms with Gasteiger partial charge in [-0.2, -0.15) is 0 Å². The number of amides is 1. The molecular weight excluding hydrogens is 352 g/mol. The maximum absolute atomic E-state index is 12.7. The number of hydrogen-bond acceptors (Lipinski definition) is 4. The van der Waals surface area contributed by atoms with E-state index in [1.165, 1.54) is 0 Å². The first-order valence-electron chi connectivity index (χ1n) is 9.14. The number of halogens is 1. The van der Waals surface area contributed by atoms with Crippen LogP contribution in [0.5, 0.6) is 0 Å². The van der Waals surface area contributed by atoms with Gasteiger partial charge < -0.3 is 14.1 Å². The maximum Gasteiger partial charge on any atom is 0.228 e. The predicted molar refractivity (Wildman–Crippen MR) is 101 cm³/mol. The number of hydrogen-bond donors (Lipinski definition) is 0. The number of aromatic nitrogens is 1. The molecular formula is C20H25ClN2O3. The summed E-state index contributed by atoms with van der Waals surface area (Å²) in [6, 6.07) is 7.36. The average Bonchev–Trinajstić information content (AvgIpc) is 3.01. The second-order valence-corrected chi connectivity index (χ2v) is 7.15. The highest BCUT2D eigenvalue weighted by Crippen LogP contribution is 2.25. The SMILES string of the molecule is CCOCC1CCCN(C(=O)Cc2nc(-c3cccc(Cl)c3)oc2C)C1. The smallest absolute Gasteiger partial charge is 0.228 e. The summed E-state index contributed by atoms with van der Waals surface area (Å²) >= 11 is 6.04. The van der Waals surface area contributed by atoms with Gasteiger partial charge in [-0.1, -0.05) is 17.7 Å². The van der Waals surface area contributed by atoms with Gasteiger partial charge in [0, 0.05) is 30.3 Å². The minimum Gasteiger partial charge on any atom is -0.441 e. The van der Waals surface area contributed by atoms with Gasteiger partial charge in [-0.3, -0.25) is 4.79 Å². The van der Waals surface area contributed by atoms with E-state index in [4.69, 9.17) is 20.8 Å². The monoisotopic (exact) mass is 376 g/mol. The second kappa shape index (κ2) is 8.69. The fourth-order valence-corrected chi connectivity index (χ4v) is 3.49. The second-order valence-electron chi connectivity index (χ2n) is 6.72. The third kappa shape index (κ3) is 4.65. The fourth-order valence-electron chi connectivity index (χ4n) is 3.30. The molecule has 1 aliphatic heterocycles. The van der Waals surface area contributed by atoms with E-state index >= 15 is 0 Å². The third-order valence-electron chi connectivity index (χ3n) is 4.71. The van der Waals surface area contributed by atoms with E-state index in [1.54, 1.807) is 12.1 Å².